The maximum Gasteiger partial charge on any atom is 0.185 e. The van der Waals surface area contributed by atoms with E-state index in [9.17, 15) is 4.79 Å². The number of rotatable bonds is 1. The van der Waals surface area contributed by atoms with Crippen LogP contribution in [-0.2, 0) is 4.79 Å². The molecule has 0 N–H and O–H groups in total. The van der Waals surface area contributed by atoms with Crippen LogP contribution in [0.5, 0.6) is 0 Å². The molecule has 0 aromatic heterocycles. The summed E-state index contributed by atoms with van der Waals surface area (Å²) in [6.45, 7) is 0. The van der Waals surface area contributed by atoms with Crippen LogP contribution >= 0.6 is 23.2 Å². The van der Waals surface area contributed by atoms with Gasteiger partial charge in [-0.25, -0.2) is 0 Å². The highest BCUT2D eigenvalue weighted by Gasteiger charge is 2.18. The van der Waals surface area contributed by atoms with E-state index in [-0.39, 0.29) is 10.8 Å². The van der Waals surface area contributed by atoms with Gasteiger partial charge in [0.05, 0.1) is 17.1 Å². The molecule has 0 atom stereocenters. The highest BCUT2D eigenvalue weighted by molar-refractivity contribution is 6.49. The normalized spacial score (nSPS) is 16.0. The molecule has 1 aliphatic rings. The van der Waals surface area contributed by atoms with Crippen molar-refractivity contribution in [3.63, 3.8) is 0 Å². The average Bonchev–Trinajstić information content (AvgIpc) is 2.23. The van der Waals surface area contributed by atoms with Gasteiger partial charge in [0.25, 0.3) is 0 Å². The minimum atomic E-state index is -0.249. The zero-order chi connectivity index (χ0) is 10.8. The van der Waals surface area contributed by atoms with Gasteiger partial charge in [-0.2, -0.15) is 0 Å². The number of allylic oxidation sites excluding steroid dienone is 1. The maximum atomic E-state index is 11.3. The van der Waals surface area contributed by atoms with Crippen LogP contribution in [-0.4, -0.2) is 12.0 Å². The third kappa shape index (κ3) is 1.96. The predicted molar refractivity (Wildman–Crippen MR) is 62.0 cm³/mol. The molecule has 1 radical (unpaired) electrons. The standard InChI is InChI=1S/C11H6Cl2NO/c12-8-4-2-1-3-7(8)11-10(13)9(15)5-6-14-11/h1-6H. The number of Topliss-reactive ketones (excluding diaryl/α,β-unsaturated/α-hetero) is 1. The highest BCUT2D eigenvalue weighted by Crippen LogP contribution is 2.30. The summed E-state index contributed by atoms with van der Waals surface area (Å²) in [5.41, 5.74) is 1.09. The Labute approximate surface area is 97.2 Å². The largest absolute Gasteiger partial charge is 0.292 e. The Hall–Kier alpha value is -1.12. The molecule has 0 saturated carbocycles. The van der Waals surface area contributed by atoms with Gasteiger partial charge in [-0.1, -0.05) is 41.4 Å². The second-order valence-corrected chi connectivity index (χ2v) is 3.74. The number of nitrogens with zero attached hydrogens (tertiary/aromatic N) is 1. The summed E-state index contributed by atoms with van der Waals surface area (Å²) < 4.78 is 0. The van der Waals surface area contributed by atoms with Crippen molar-refractivity contribution in [3.05, 3.63) is 46.3 Å². The van der Waals surface area contributed by atoms with Crippen molar-refractivity contribution >= 4 is 40.9 Å². The highest BCUT2D eigenvalue weighted by atomic mass is 35.5. The molecule has 15 heavy (non-hydrogen) atoms. The summed E-state index contributed by atoms with van der Waals surface area (Å²) in [7, 11) is 0. The fourth-order valence-corrected chi connectivity index (χ4v) is 1.71. The van der Waals surface area contributed by atoms with Gasteiger partial charge in [0.1, 0.15) is 5.03 Å². The first-order chi connectivity index (χ1) is 7.20. The van der Waals surface area contributed by atoms with Gasteiger partial charge >= 0.3 is 0 Å². The van der Waals surface area contributed by atoms with Crippen LogP contribution in [0.1, 0.15) is 5.56 Å². The lowest BCUT2D eigenvalue weighted by molar-refractivity contribution is -0.111. The van der Waals surface area contributed by atoms with Crippen molar-refractivity contribution in [2.45, 2.75) is 0 Å². The molecular formula is C11H6Cl2NO. The molecule has 2 rings (SSSR count). The van der Waals surface area contributed by atoms with E-state index in [0.29, 0.717) is 16.3 Å². The minimum Gasteiger partial charge on any atom is -0.292 e. The molecular weight excluding hydrogens is 233 g/mol. The molecule has 0 spiro atoms. The molecule has 75 valence electrons. The second kappa shape index (κ2) is 4.17. The quantitative estimate of drug-likeness (QED) is 0.740. The molecule has 0 bridgehead atoms. The van der Waals surface area contributed by atoms with Crippen molar-refractivity contribution < 1.29 is 4.79 Å². The van der Waals surface area contributed by atoms with E-state index < -0.39 is 0 Å². The fraction of sp³-hybridized carbons (Fsp3) is 0. The summed E-state index contributed by atoms with van der Waals surface area (Å²) in [5.74, 6) is -0.249. The van der Waals surface area contributed by atoms with E-state index in [4.69, 9.17) is 23.2 Å². The van der Waals surface area contributed by atoms with Gasteiger partial charge < -0.3 is 0 Å². The van der Waals surface area contributed by atoms with Gasteiger partial charge in [0, 0.05) is 11.8 Å². The molecule has 1 heterocycles. The number of halogens is 2. The molecule has 0 amide bonds. The Morgan fingerprint density at radius 2 is 1.87 bits per heavy atom. The van der Waals surface area contributed by atoms with Gasteiger partial charge in [-0.15, -0.1) is 0 Å². The first-order valence-corrected chi connectivity index (χ1v) is 5.02. The summed E-state index contributed by atoms with van der Waals surface area (Å²) >= 11 is 11.8. The lowest BCUT2D eigenvalue weighted by atomic mass is 10.1. The summed E-state index contributed by atoms with van der Waals surface area (Å²) in [6, 6.07) is 7.12. The van der Waals surface area contributed by atoms with Crippen LogP contribution in [0.2, 0.25) is 5.02 Å². The van der Waals surface area contributed by atoms with Crippen molar-refractivity contribution in [1.82, 2.24) is 0 Å². The van der Waals surface area contributed by atoms with Crippen molar-refractivity contribution in [3.8, 4) is 0 Å². The lowest BCUT2D eigenvalue weighted by Crippen LogP contribution is -2.06. The predicted octanol–water partition coefficient (Wildman–Crippen LogP) is 3.11. The summed E-state index contributed by atoms with van der Waals surface area (Å²) in [4.78, 5) is 15.4. The van der Waals surface area contributed by atoms with E-state index in [2.05, 4.69) is 4.99 Å². The Kier molecular flexibility index (Phi) is 2.89. The van der Waals surface area contributed by atoms with Crippen molar-refractivity contribution in [2.24, 2.45) is 4.99 Å². The topological polar surface area (TPSA) is 29.4 Å². The number of ketones is 1. The van der Waals surface area contributed by atoms with Gasteiger partial charge in [-0.05, 0) is 6.07 Å². The van der Waals surface area contributed by atoms with Crippen molar-refractivity contribution in [2.75, 3.05) is 0 Å². The first kappa shape index (κ1) is 10.4. The van der Waals surface area contributed by atoms with Gasteiger partial charge in [-0.3, -0.25) is 9.79 Å². The number of benzene rings is 1. The Morgan fingerprint density at radius 1 is 1.13 bits per heavy atom. The van der Waals surface area contributed by atoms with Crippen LogP contribution in [0, 0.1) is 6.42 Å². The molecule has 4 heteroatoms. The van der Waals surface area contributed by atoms with Crippen LogP contribution in [0.25, 0.3) is 5.70 Å². The SMILES string of the molecule is O=C1[CH]C=NC(c2ccccc2Cl)=C1Cl. The molecule has 0 saturated heterocycles. The smallest absolute Gasteiger partial charge is 0.185 e. The van der Waals surface area contributed by atoms with E-state index in [1.54, 1.807) is 18.2 Å². The van der Waals surface area contributed by atoms with E-state index in [1.165, 1.54) is 12.6 Å². The Bertz CT molecular complexity index is 477. The van der Waals surface area contributed by atoms with Crippen molar-refractivity contribution in [1.29, 1.82) is 0 Å². The summed E-state index contributed by atoms with van der Waals surface area (Å²) in [5, 5.41) is 0.628. The maximum absolute atomic E-state index is 11.3. The Balaban J connectivity index is 2.56. The molecule has 1 aromatic carbocycles. The van der Waals surface area contributed by atoms with Gasteiger partial charge in [0.2, 0.25) is 0 Å². The molecule has 1 aliphatic heterocycles. The zero-order valence-corrected chi connectivity index (χ0v) is 9.09. The van der Waals surface area contributed by atoms with E-state index in [0.717, 1.165) is 0 Å². The van der Waals surface area contributed by atoms with Crippen LogP contribution < -0.4 is 0 Å². The van der Waals surface area contributed by atoms with Crippen LogP contribution in [0.15, 0.2) is 34.3 Å². The molecule has 0 aliphatic carbocycles. The third-order valence-electron chi connectivity index (χ3n) is 1.98. The number of hydrogen-bond donors (Lipinski definition) is 0. The third-order valence-corrected chi connectivity index (χ3v) is 2.68. The molecule has 2 nitrogen and oxygen atoms in total. The minimum absolute atomic E-state index is 0.102. The average molecular weight is 239 g/mol. The molecule has 0 unspecified atom stereocenters. The van der Waals surface area contributed by atoms with E-state index >= 15 is 0 Å². The van der Waals surface area contributed by atoms with Gasteiger partial charge in [0.15, 0.2) is 5.78 Å². The number of carbonyl (C=O) groups excluding carboxylic acids is 1. The monoisotopic (exact) mass is 238 g/mol. The lowest BCUT2D eigenvalue weighted by Gasteiger charge is -2.10. The number of hydrogen-bond acceptors (Lipinski definition) is 2. The second-order valence-electron chi connectivity index (χ2n) is 2.95. The molecule has 0 fully saturated rings. The number of carbonyl (C=O) groups is 1. The fourth-order valence-electron chi connectivity index (χ4n) is 1.27. The van der Waals surface area contributed by atoms with E-state index in [1.807, 2.05) is 6.07 Å². The first-order valence-electron chi connectivity index (χ1n) is 4.26. The molecule has 1 aromatic rings. The zero-order valence-electron chi connectivity index (χ0n) is 7.58. The summed E-state index contributed by atoms with van der Waals surface area (Å²) in [6.07, 6.45) is 2.75. The van der Waals surface area contributed by atoms with Crippen LogP contribution in [0.4, 0.5) is 0 Å². The Morgan fingerprint density at radius 3 is 2.60 bits per heavy atom. The number of aliphatic imine (C=N–C) groups is 1. The van der Waals surface area contributed by atoms with Crippen LogP contribution in [0.3, 0.4) is 0 Å².